The minimum atomic E-state index is 0.614. The summed E-state index contributed by atoms with van der Waals surface area (Å²) in [4.78, 5) is 30.2. The quantitative estimate of drug-likeness (QED) is 0.187. The van der Waals surface area contributed by atoms with E-state index in [4.69, 9.17) is 29.9 Å². The summed E-state index contributed by atoms with van der Waals surface area (Å²) in [5, 5.41) is 7.75. The Bertz CT molecular complexity index is 2570. The number of fused-ring (bicyclic) bond motifs is 18. The minimum Gasteiger partial charge on any atom is -0.208 e. The molecule has 6 nitrogen and oxygen atoms in total. The third kappa shape index (κ3) is 5.63. The second-order valence-electron chi connectivity index (χ2n) is 12.7. The Kier molecular flexibility index (Phi) is 7.13. The Morgan fingerprint density at radius 2 is 0.560 bits per heavy atom. The van der Waals surface area contributed by atoms with Gasteiger partial charge < -0.3 is 0 Å². The Morgan fingerprint density at radius 1 is 0.280 bits per heavy atom. The van der Waals surface area contributed by atoms with E-state index in [1.54, 1.807) is 0 Å². The zero-order chi connectivity index (χ0) is 33.6. The van der Waals surface area contributed by atoms with Crippen molar-refractivity contribution in [1.29, 1.82) is 0 Å². The highest BCUT2D eigenvalue weighted by atomic mass is 15.0. The van der Waals surface area contributed by atoms with Crippen LogP contribution in [0.2, 0.25) is 0 Å². The number of aryl methyl sites for hydroxylation is 2. The van der Waals surface area contributed by atoms with Crippen molar-refractivity contribution in [2.24, 2.45) is 0 Å². The molecule has 0 N–H and O–H groups in total. The van der Waals surface area contributed by atoms with E-state index in [1.165, 1.54) is 0 Å². The highest BCUT2D eigenvalue weighted by molar-refractivity contribution is 5.96. The third-order valence-corrected chi connectivity index (χ3v) is 8.97. The average Bonchev–Trinajstić information content (AvgIpc) is 3.17. The molecular formula is C44H30N6. The molecular weight excluding hydrogens is 613 g/mol. The second-order valence-corrected chi connectivity index (χ2v) is 12.7. The Labute approximate surface area is 288 Å². The van der Waals surface area contributed by atoms with Crippen molar-refractivity contribution >= 4 is 65.7 Å². The van der Waals surface area contributed by atoms with Gasteiger partial charge in [0.1, 0.15) is 0 Å². The molecule has 12 bridgehead atoms. The summed E-state index contributed by atoms with van der Waals surface area (Å²) in [6, 6.07) is 50.0. The summed E-state index contributed by atoms with van der Waals surface area (Å²) in [5.74, 6) is 1.27. The average molecular weight is 643 g/mol. The summed E-state index contributed by atoms with van der Waals surface area (Å²) in [5.41, 5.74) is 6.64. The van der Waals surface area contributed by atoms with Crippen molar-refractivity contribution in [2.75, 3.05) is 0 Å². The van der Waals surface area contributed by atoms with Gasteiger partial charge in [-0.15, -0.1) is 0 Å². The van der Waals surface area contributed by atoms with Crippen LogP contribution in [0.15, 0.2) is 146 Å². The number of benzene rings is 6. The van der Waals surface area contributed by atoms with Gasteiger partial charge in [-0.2, -0.15) is 0 Å². The van der Waals surface area contributed by atoms with Gasteiger partial charge in [0.2, 0.25) is 0 Å². The predicted octanol–water partition coefficient (Wildman–Crippen LogP) is 10.6. The molecule has 0 saturated carbocycles. The van der Waals surface area contributed by atoms with Crippen LogP contribution in [0.3, 0.4) is 0 Å². The molecule has 0 atom stereocenters. The Balaban J connectivity index is 1.46. The molecule has 50 heavy (non-hydrogen) atoms. The van der Waals surface area contributed by atoms with Crippen molar-refractivity contribution in [3.05, 3.63) is 157 Å². The molecule has 3 aromatic heterocycles. The lowest BCUT2D eigenvalue weighted by atomic mass is 10.1. The monoisotopic (exact) mass is 642 g/mol. The first-order valence-electron chi connectivity index (χ1n) is 16.6. The summed E-state index contributed by atoms with van der Waals surface area (Å²) < 4.78 is 0. The van der Waals surface area contributed by atoms with Crippen LogP contribution in [0.5, 0.6) is 0 Å². The molecule has 0 saturated heterocycles. The van der Waals surface area contributed by atoms with Crippen LogP contribution in [0, 0.1) is 13.8 Å². The second kappa shape index (κ2) is 12.1. The van der Waals surface area contributed by atoms with Gasteiger partial charge in [0, 0.05) is 32.7 Å². The Morgan fingerprint density at radius 3 is 0.860 bits per heavy atom. The van der Waals surface area contributed by atoms with E-state index >= 15 is 0 Å². The van der Waals surface area contributed by atoms with Crippen molar-refractivity contribution < 1.29 is 0 Å². The number of rotatable bonds is 2. The maximum absolute atomic E-state index is 5.07. The molecule has 6 heteroatoms. The van der Waals surface area contributed by atoms with E-state index in [0.717, 1.165) is 65.3 Å². The molecule has 0 radical (unpaired) electrons. The van der Waals surface area contributed by atoms with Gasteiger partial charge in [-0.3, -0.25) is 0 Å². The molecule has 236 valence electrons. The zero-order valence-corrected chi connectivity index (χ0v) is 27.5. The largest absolute Gasteiger partial charge is 0.208 e. The first-order chi connectivity index (χ1) is 24.5. The van der Waals surface area contributed by atoms with Gasteiger partial charge in [0.05, 0.1) is 0 Å². The van der Waals surface area contributed by atoms with Crippen LogP contribution < -0.4 is 0 Å². The fourth-order valence-corrected chi connectivity index (χ4v) is 6.45. The van der Waals surface area contributed by atoms with E-state index in [2.05, 4.69) is 135 Å². The van der Waals surface area contributed by atoms with Crippen molar-refractivity contribution in [2.45, 2.75) is 13.8 Å². The van der Waals surface area contributed by atoms with Crippen LogP contribution in [0.1, 0.15) is 11.1 Å². The lowest BCUT2D eigenvalue weighted by molar-refractivity contribution is 1.18. The highest BCUT2D eigenvalue weighted by Crippen LogP contribution is 2.26. The zero-order valence-electron chi connectivity index (χ0n) is 27.5. The van der Waals surface area contributed by atoms with Gasteiger partial charge >= 0.3 is 0 Å². The normalized spacial score (nSPS) is 11.4. The summed E-state index contributed by atoms with van der Waals surface area (Å²) in [6.45, 7) is 4.16. The van der Waals surface area contributed by atoms with Crippen LogP contribution in [-0.4, -0.2) is 29.9 Å². The van der Waals surface area contributed by atoms with Crippen LogP contribution in [0.25, 0.3) is 88.5 Å². The summed E-state index contributed by atoms with van der Waals surface area (Å²) in [6.07, 6.45) is 0. The van der Waals surface area contributed by atoms with Crippen molar-refractivity contribution in [1.82, 2.24) is 29.9 Å². The first-order valence-corrected chi connectivity index (χ1v) is 16.6. The SMILES string of the molecule is Cc1cccc(-c2nc3nc(n2)c2cccc(c2)c2cccc(c2)c2nc(-c4cccc(C)c4)nc(n2)c2cccc(c2)c2cccc3c2)c1. The lowest BCUT2D eigenvalue weighted by Crippen LogP contribution is -1.95. The molecule has 9 aromatic rings. The smallest absolute Gasteiger partial charge is 0.164 e. The fraction of sp³-hybridized carbons (Fsp3) is 0.0455. The van der Waals surface area contributed by atoms with Gasteiger partial charge in [-0.1, -0.05) is 120 Å². The molecule has 0 spiro atoms. The summed E-state index contributed by atoms with van der Waals surface area (Å²) >= 11 is 0. The van der Waals surface area contributed by atoms with E-state index < -0.39 is 0 Å². The Hall–Kier alpha value is -6.66. The maximum Gasteiger partial charge on any atom is 0.164 e. The highest BCUT2D eigenvalue weighted by Gasteiger charge is 2.09. The topological polar surface area (TPSA) is 77.3 Å². The molecule has 3 heterocycles. The van der Waals surface area contributed by atoms with Gasteiger partial charge in [-0.25, -0.2) is 29.9 Å². The molecule has 0 aliphatic rings. The predicted molar refractivity (Wildman–Crippen MR) is 205 cm³/mol. The summed E-state index contributed by atoms with van der Waals surface area (Å²) in [7, 11) is 0. The van der Waals surface area contributed by atoms with E-state index in [-0.39, 0.29) is 0 Å². The third-order valence-electron chi connectivity index (χ3n) is 8.97. The van der Waals surface area contributed by atoms with Gasteiger partial charge in [0.25, 0.3) is 0 Å². The standard InChI is InChI=1S/C44H30N6/c1-27-9-3-15-33(21-27)39-45-41-35-17-5-11-29(23-35)31-13-7-19-37(25-31)43-47-40(34-16-4-10-28(2)22-34)48-44(50-43)38-20-8-14-32(26-38)30-12-6-18-36(24-30)42(46-39)49-41/h3-26H,1-2H3. The number of hydrogen-bond donors (Lipinski definition) is 0. The van der Waals surface area contributed by atoms with Crippen LogP contribution >= 0.6 is 0 Å². The maximum atomic E-state index is 5.07. The molecule has 0 unspecified atom stereocenters. The number of nitrogens with zero attached hydrogens (tertiary/aromatic N) is 6. The number of hydrogen-bond acceptors (Lipinski definition) is 6. The fourth-order valence-electron chi connectivity index (χ4n) is 6.45. The molecule has 0 aliphatic heterocycles. The van der Waals surface area contributed by atoms with Gasteiger partial charge in [0.15, 0.2) is 34.2 Å². The van der Waals surface area contributed by atoms with Crippen LogP contribution in [-0.2, 0) is 0 Å². The first kappa shape index (κ1) is 29.5. The molecule has 9 rings (SSSR count). The molecule has 0 aliphatic carbocycles. The molecule has 0 fully saturated rings. The van der Waals surface area contributed by atoms with Crippen molar-refractivity contribution in [3.8, 4) is 22.8 Å². The van der Waals surface area contributed by atoms with E-state index in [9.17, 15) is 0 Å². The van der Waals surface area contributed by atoms with Crippen molar-refractivity contribution in [3.63, 3.8) is 0 Å². The molecule has 6 aromatic carbocycles. The van der Waals surface area contributed by atoms with E-state index in [1.807, 2.05) is 24.3 Å². The lowest BCUT2D eigenvalue weighted by Gasteiger charge is -2.05. The minimum absolute atomic E-state index is 0.614. The molecule has 0 amide bonds. The van der Waals surface area contributed by atoms with Crippen LogP contribution in [0.4, 0.5) is 0 Å². The van der Waals surface area contributed by atoms with Gasteiger partial charge in [-0.05, 0) is 71.8 Å². The van der Waals surface area contributed by atoms with E-state index in [0.29, 0.717) is 34.2 Å². The number of aromatic nitrogens is 6.